The van der Waals surface area contributed by atoms with Gasteiger partial charge in [0, 0.05) is 12.5 Å². The number of allylic oxidation sites excluding steroid dienone is 1. The number of carbonyl (C=O) groups excluding carboxylic acids is 1. The van der Waals surface area contributed by atoms with Gasteiger partial charge in [0.05, 0.1) is 6.61 Å². The first-order valence-corrected chi connectivity index (χ1v) is 8.81. The molecule has 0 aliphatic rings. The summed E-state index contributed by atoms with van der Waals surface area (Å²) in [5.74, 6) is 1.05. The van der Waals surface area contributed by atoms with Crippen molar-refractivity contribution in [1.82, 2.24) is 0 Å². The van der Waals surface area contributed by atoms with Crippen molar-refractivity contribution >= 4 is 28.5 Å². The maximum absolute atomic E-state index is 12.4. The fraction of sp³-hybridized carbons (Fsp3) is 0.130. The largest absolute Gasteiger partial charge is 0.479 e. The monoisotopic (exact) mass is 359 g/mol. The van der Waals surface area contributed by atoms with Crippen LogP contribution in [0.5, 0.6) is 5.75 Å². The van der Waals surface area contributed by atoms with E-state index < -0.39 is 0 Å². The number of nitrogens with zero attached hydrogens (tertiary/aromatic N) is 1. The molecular weight excluding hydrogens is 338 g/mol. The van der Waals surface area contributed by atoms with E-state index in [0.717, 1.165) is 16.3 Å². The van der Waals surface area contributed by atoms with Crippen molar-refractivity contribution < 1.29 is 14.4 Å². The lowest BCUT2D eigenvalue weighted by Crippen LogP contribution is -2.00. The van der Waals surface area contributed by atoms with Gasteiger partial charge in [0.15, 0.2) is 11.5 Å². The van der Waals surface area contributed by atoms with Crippen molar-refractivity contribution in [1.29, 1.82) is 0 Å². The molecular formula is C23H21NO3. The molecule has 27 heavy (non-hydrogen) atoms. The van der Waals surface area contributed by atoms with Crippen LogP contribution in [-0.2, 0) is 4.74 Å². The number of ketones is 1. The maximum atomic E-state index is 12.4. The van der Waals surface area contributed by atoms with Crippen LogP contribution in [0, 0.1) is 0 Å². The molecule has 0 aliphatic heterocycles. The van der Waals surface area contributed by atoms with Crippen LogP contribution < -0.4 is 4.84 Å². The first-order chi connectivity index (χ1) is 13.2. The van der Waals surface area contributed by atoms with Crippen LogP contribution in [-0.4, -0.2) is 18.3 Å². The molecule has 0 aliphatic carbocycles. The Morgan fingerprint density at radius 3 is 2.48 bits per heavy atom. The van der Waals surface area contributed by atoms with Crippen LogP contribution in [0.3, 0.4) is 0 Å². The summed E-state index contributed by atoms with van der Waals surface area (Å²) in [4.78, 5) is 17.7. The van der Waals surface area contributed by atoms with Gasteiger partial charge in [-0.3, -0.25) is 4.79 Å². The second-order valence-corrected chi connectivity index (χ2v) is 5.96. The molecule has 0 amide bonds. The minimum atomic E-state index is -0.0296. The number of fused-ring (bicyclic) bond motifs is 1. The maximum Gasteiger partial charge on any atom is 0.223 e. The fourth-order valence-electron chi connectivity index (χ4n) is 2.60. The highest BCUT2D eigenvalue weighted by Crippen LogP contribution is 2.17. The van der Waals surface area contributed by atoms with E-state index in [-0.39, 0.29) is 5.78 Å². The quantitative estimate of drug-likeness (QED) is 0.192. The second kappa shape index (κ2) is 8.81. The van der Waals surface area contributed by atoms with Gasteiger partial charge in [0.2, 0.25) is 5.90 Å². The van der Waals surface area contributed by atoms with Gasteiger partial charge in [-0.25, -0.2) is 0 Å². The van der Waals surface area contributed by atoms with Crippen molar-refractivity contribution in [3.05, 3.63) is 83.9 Å². The number of ether oxygens (including phenoxy) is 1. The Kier molecular flexibility index (Phi) is 6.00. The van der Waals surface area contributed by atoms with Crippen molar-refractivity contribution in [3.8, 4) is 5.75 Å². The Hall–Kier alpha value is -3.40. The molecule has 3 aromatic rings. The lowest BCUT2D eigenvalue weighted by atomic mass is 10.0. The van der Waals surface area contributed by atoms with E-state index in [1.165, 1.54) is 0 Å². The van der Waals surface area contributed by atoms with Crippen molar-refractivity contribution in [2.75, 3.05) is 6.61 Å². The Morgan fingerprint density at radius 1 is 1.00 bits per heavy atom. The molecule has 3 rings (SSSR count). The van der Waals surface area contributed by atoms with Crippen LogP contribution in [0.15, 0.2) is 78.0 Å². The van der Waals surface area contributed by atoms with E-state index in [1.54, 1.807) is 31.2 Å². The standard InChI is InChI=1S/C23H21NO3/c1-3-26-17(2)24-27-22-13-8-18(9-14-22)10-15-23(25)21-12-11-19-6-4-5-7-20(19)16-21/h4-16H,3H2,1-2H3/b15-10+,24-17+. The minimum Gasteiger partial charge on any atom is -0.479 e. The summed E-state index contributed by atoms with van der Waals surface area (Å²) in [7, 11) is 0. The Morgan fingerprint density at radius 2 is 1.74 bits per heavy atom. The molecule has 0 spiro atoms. The molecule has 4 nitrogen and oxygen atoms in total. The van der Waals surface area contributed by atoms with Crippen LogP contribution in [0.2, 0.25) is 0 Å². The van der Waals surface area contributed by atoms with Crippen LogP contribution >= 0.6 is 0 Å². The first-order valence-electron chi connectivity index (χ1n) is 8.81. The highest BCUT2D eigenvalue weighted by Gasteiger charge is 2.03. The summed E-state index contributed by atoms with van der Waals surface area (Å²) in [6.45, 7) is 4.17. The number of benzene rings is 3. The Labute approximate surface area is 158 Å². The molecule has 0 heterocycles. The normalized spacial score (nSPS) is 11.7. The van der Waals surface area contributed by atoms with Gasteiger partial charge in [-0.1, -0.05) is 54.6 Å². The van der Waals surface area contributed by atoms with Crippen molar-refractivity contribution in [2.45, 2.75) is 13.8 Å². The van der Waals surface area contributed by atoms with Gasteiger partial charge < -0.3 is 9.57 Å². The molecule has 0 atom stereocenters. The van der Waals surface area contributed by atoms with Crippen LogP contribution in [0.1, 0.15) is 29.8 Å². The van der Waals surface area contributed by atoms with Crippen LogP contribution in [0.4, 0.5) is 0 Å². The summed E-state index contributed by atoms with van der Waals surface area (Å²) < 4.78 is 5.20. The van der Waals surface area contributed by atoms with Gasteiger partial charge in [0.25, 0.3) is 0 Å². The topological polar surface area (TPSA) is 47.9 Å². The lowest BCUT2D eigenvalue weighted by Gasteiger charge is -2.02. The fourth-order valence-corrected chi connectivity index (χ4v) is 2.60. The number of oxime groups is 1. The predicted molar refractivity (Wildman–Crippen MR) is 109 cm³/mol. The third-order valence-corrected chi connectivity index (χ3v) is 3.97. The summed E-state index contributed by atoms with van der Waals surface area (Å²) in [6.07, 6.45) is 3.37. The lowest BCUT2D eigenvalue weighted by molar-refractivity contribution is 0.104. The molecule has 0 N–H and O–H groups in total. The van der Waals surface area contributed by atoms with Gasteiger partial charge in [-0.15, -0.1) is 0 Å². The predicted octanol–water partition coefficient (Wildman–Crippen LogP) is 5.48. The van der Waals surface area contributed by atoms with Crippen molar-refractivity contribution in [2.24, 2.45) is 5.16 Å². The molecule has 0 bridgehead atoms. The summed E-state index contributed by atoms with van der Waals surface area (Å²) in [6, 6.07) is 21.0. The number of rotatable bonds is 6. The van der Waals surface area contributed by atoms with E-state index >= 15 is 0 Å². The SMILES string of the molecule is CCO/C(C)=N/Oc1ccc(/C=C/C(=O)c2ccc3ccccc3c2)cc1. The molecule has 0 unspecified atom stereocenters. The summed E-state index contributed by atoms with van der Waals surface area (Å²) in [5, 5.41) is 6.05. The van der Waals surface area contributed by atoms with E-state index in [9.17, 15) is 4.79 Å². The molecule has 136 valence electrons. The third-order valence-electron chi connectivity index (χ3n) is 3.97. The highest BCUT2D eigenvalue weighted by molar-refractivity contribution is 6.08. The molecule has 0 fully saturated rings. The van der Waals surface area contributed by atoms with E-state index in [1.807, 2.05) is 61.5 Å². The third kappa shape index (κ3) is 5.05. The molecule has 3 aromatic carbocycles. The van der Waals surface area contributed by atoms with E-state index in [4.69, 9.17) is 9.57 Å². The van der Waals surface area contributed by atoms with E-state index in [0.29, 0.717) is 23.8 Å². The Balaban J connectivity index is 1.66. The molecule has 0 radical (unpaired) electrons. The molecule has 0 saturated carbocycles. The zero-order valence-electron chi connectivity index (χ0n) is 15.4. The zero-order valence-corrected chi connectivity index (χ0v) is 15.4. The molecule has 0 aromatic heterocycles. The minimum absolute atomic E-state index is 0.0296. The van der Waals surface area contributed by atoms with Gasteiger partial charge in [-0.2, -0.15) is 0 Å². The Bertz CT molecular complexity index is 988. The second-order valence-electron chi connectivity index (χ2n) is 5.96. The molecule has 0 saturated heterocycles. The highest BCUT2D eigenvalue weighted by atomic mass is 16.6. The zero-order chi connectivity index (χ0) is 19.1. The van der Waals surface area contributed by atoms with E-state index in [2.05, 4.69) is 5.16 Å². The van der Waals surface area contributed by atoms with Gasteiger partial charge in [-0.05, 0) is 52.7 Å². The number of hydrogen-bond donors (Lipinski definition) is 0. The first kappa shape index (κ1) is 18.4. The number of hydrogen-bond acceptors (Lipinski definition) is 4. The van der Waals surface area contributed by atoms with Crippen molar-refractivity contribution in [3.63, 3.8) is 0 Å². The number of carbonyl (C=O) groups is 1. The smallest absolute Gasteiger partial charge is 0.223 e. The van der Waals surface area contributed by atoms with Gasteiger partial charge in [0.1, 0.15) is 0 Å². The van der Waals surface area contributed by atoms with Crippen LogP contribution in [0.25, 0.3) is 16.8 Å². The molecule has 4 heteroatoms. The average molecular weight is 359 g/mol. The summed E-state index contributed by atoms with van der Waals surface area (Å²) in [5.41, 5.74) is 1.58. The van der Waals surface area contributed by atoms with Gasteiger partial charge >= 0.3 is 0 Å². The summed E-state index contributed by atoms with van der Waals surface area (Å²) >= 11 is 0. The average Bonchev–Trinajstić information content (AvgIpc) is 2.71.